The summed E-state index contributed by atoms with van der Waals surface area (Å²) >= 11 is 0. The van der Waals surface area contributed by atoms with Gasteiger partial charge < -0.3 is 9.63 Å². The number of hydrogen-bond acceptors (Lipinski definition) is 6. The van der Waals surface area contributed by atoms with Gasteiger partial charge in [-0.2, -0.15) is 4.98 Å². The van der Waals surface area contributed by atoms with Crippen LogP contribution in [0.2, 0.25) is 0 Å². The van der Waals surface area contributed by atoms with Crippen LogP contribution in [0.3, 0.4) is 0 Å². The summed E-state index contributed by atoms with van der Waals surface area (Å²) in [6.45, 7) is 0. The summed E-state index contributed by atoms with van der Waals surface area (Å²) in [6, 6.07) is 12.3. The molecule has 0 saturated heterocycles. The van der Waals surface area contributed by atoms with E-state index in [4.69, 9.17) is 4.52 Å². The van der Waals surface area contributed by atoms with Gasteiger partial charge in [0.05, 0.1) is 4.92 Å². The monoisotopic (exact) mass is 283 g/mol. The van der Waals surface area contributed by atoms with Crippen molar-refractivity contribution >= 4 is 5.69 Å². The normalized spacial score (nSPS) is 10.5. The highest BCUT2D eigenvalue weighted by Crippen LogP contribution is 2.25. The summed E-state index contributed by atoms with van der Waals surface area (Å²) in [6.07, 6.45) is 0. The lowest BCUT2D eigenvalue weighted by molar-refractivity contribution is -0.384. The molecule has 1 N–H and O–H groups in total. The van der Waals surface area contributed by atoms with E-state index in [2.05, 4.69) is 10.1 Å². The number of phenolic OH excluding ortho intramolecular Hbond substituents is 1. The van der Waals surface area contributed by atoms with Gasteiger partial charge in [-0.25, -0.2) is 0 Å². The van der Waals surface area contributed by atoms with Crippen LogP contribution in [0, 0.1) is 10.1 Å². The summed E-state index contributed by atoms with van der Waals surface area (Å²) in [5, 5.41) is 23.9. The smallest absolute Gasteiger partial charge is 0.269 e. The summed E-state index contributed by atoms with van der Waals surface area (Å²) in [5.74, 6) is 0.685. The molecule has 0 saturated carbocycles. The second-order valence-corrected chi connectivity index (χ2v) is 4.28. The zero-order chi connectivity index (χ0) is 14.8. The molecule has 3 rings (SSSR count). The number of nitro benzene ring substituents is 1. The minimum absolute atomic E-state index is 0.00421. The third-order valence-electron chi connectivity index (χ3n) is 2.86. The Balaban J connectivity index is 1.93. The molecule has 2 aromatic carbocycles. The number of benzene rings is 2. The molecule has 7 nitrogen and oxygen atoms in total. The Kier molecular flexibility index (Phi) is 3.07. The van der Waals surface area contributed by atoms with E-state index < -0.39 is 4.92 Å². The fraction of sp³-hybridized carbons (Fsp3) is 0. The van der Waals surface area contributed by atoms with Crippen LogP contribution >= 0.6 is 0 Å². The molecule has 0 atom stereocenters. The first-order valence-electron chi connectivity index (χ1n) is 6.01. The van der Waals surface area contributed by atoms with Gasteiger partial charge in [-0.3, -0.25) is 10.1 Å². The third-order valence-corrected chi connectivity index (χ3v) is 2.86. The van der Waals surface area contributed by atoms with Crippen LogP contribution in [0.5, 0.6) is 5.75 Å². The molecule has 0 bridgehead atoms. The Labute approximate surface area is 118 Å². The van der Waals surface area contributed by atoms with Gasteiger partial charge in [-0.05, 0) is 30.3 Å². The van der Waals surface area contributed by atoms with Crippen LogP contribution in [-0.4, -0.2) is 20.2 Å². The van der Waals surface area contributed by atoms with Crippen molar-refractivity contribution in [3.63, 3.8) is 0 Å². The molecule has 0 aliphatic heterocycles. The van der Waals surface area contributed by atoms with Crippen LogP contribution in [0.4, 0.5) is 5.69 Å². The van der Waals surface area contributed by atoms with Gasteiger partial charge in [0.2, 0.25) is 5.82 Å². The second kappa shape index (κ2) is 5.04. The Morgan fingerprint density at radius 2 is 1.86 bits per heavy atom. The van der Waals surface area contributed by atoms with Crippen molar-refractivity contribution in [3.8, 4) is 28.6 Å². The van der Waals surface area contributed by atoms with Crippen molar-refractivity contribution in [1.29, 1.82) is 0 Å². The number of phenols is 1. The SMILES string of the molecule is O=[N+]([O-])c1ccc(-c2noc(-c3cccc(O)c3)n2)cc1. The highest BCUT2D eigenvalue weighted by Gasteiger charge is 2.12. The quantitative estimate of drug-likeness (QED) is 0.585. The molecule has 0 unspecified atom stereocenters. The van der Waals surface area contributed by atoms with E-state index in [0.29, 0.717) is 17.0 Å². The topological polar surface area (TPSA) is 102 Å². The van der Waals surface area contributed by atoms with E-state index >= 15 is 0 Å². The average molecular weight is 283 g/mol. The largest absolute Gasteiger partial charge is 0.508 e. The van der Waals surface area contributed by atoms with Crippen molar-refractivity contribution in [2.24, 2.45) is 0 Å². The van der Waals surface area contributed by atoms with E-state index in [1.165, 1.54) is 24.3 Å². The minimum Gasteiger partial charge on any atom is -0.508 e. The fourth-order valence-electron chi connectivity index (χ4n) is 1.83. The zero-order valence-corrected chi connectivity index (χ0v) is 10.6. The Morgan fingerprint density at radius 1 is 1.10 bits per heavy atom. The Morgan fingerprint density at radius 3 is 2.52 bits per heavy atom. The summed E-state index contributed by atoms with van der Waals surface area (Å²) in [7, 11) is 0. The highest BCUT2D eigenvalue weighted by molar-refractivity contribution is 5.61. The molecule has 1 heterocycles. The van der Waals surface area contributed by atoms with Crippen LogP contribution in [0.1, 0.15) is 0 Å². The number of nitrogens with zero attached hydrogens (tertiary/aromatic N) is 3. The number of aromatic nitrogens is 2. The van der Waals surface area contributed by atoms with Crippen molar-refractivity contribution in [1.82, 2.24) is 10.1 Å². The van der Waals surface area contributed by atoms with Gasteiger partial charge in [-0.1, -0.05) is 11.2 Å². The number of rotatable bonds is 3. The zero-order valence-electron chi connectivity index (χ0n) is 10.6. The standard InChI is InChI=1S/C14H9N3O4/c18-12-3-1-2-10(8-12)14-15-13(16-21-14)9-4-6-11(7-5-9)17(19)20/h1-8,18H. The molecule has 0 aliphatic rings. The highest BCUT2D eigenvalue weighted by atomic mass is 16.6. The molecule has 0 fully saturated rings. The molecular formula is C14H9N3O4. The molecule has 7 heteroatoms. The predicted molar refractivity (Wildman–Crippen MR) is 73.5 cm³/mol. The average Bonchev–Trinajstić information content (AvgIpc) is 2.97. The van der Waals surface area contributed by atoms with E-state index in [0.717, 1.165) is 0 Å². The molecule has 21 heavy (non-hydrogen) atoms. The second-order valence-electron chi connectivity index (χ2n) is 4.28. The van der Waals surface area contributed by atoms with E-state index in [1.54, 1.807) is 24.3 Å². The van der Waals surface area contributed by atoms with Gasteiger partial charge in [0.25, 0.3) is 11.6 Å². The van der Waals surface area contributed by atoms with Crippen LogP contribution < -0.4 is 0 Å². The number of hydrogen-bond donors (Lipinski definition) is 1. The predicted octanol–water partition coefficient (Wildman–Crippen LogP) is 3.02. The summed E-state index contributed by atoms with van der Waals surface area (Å²) in [5.41, 5.74) is 1.20. The van der Waals surface area contributed by atoms with Crippen LogP contribution in [0.25, 0.3) is 22.8 Å². The Hall–Kier alpha value is -3.22. The molecule has 0 spiro atoms. The van der Waals surface area contributed by atoms with Gasteiger partial charge in [0.15, 0.2) is 0 Å². The van der Waals surface area contributed by atoms with Gasteiger partial charge >= 0.3 is 0 Å². The first kappa shape index (κ1) is 12.8. The summed E-state index contributed by atoms with van der Waals surface area (Å²) in [4.78, 5) is 14.3. The minimum atomic E-state index is -0.474. The van der Waals surface area contributed by atoms with E-state index in [9.17, 15) is 15.2 Å². The first-order valence-corrected chi connectivity index (χ1v) is 6.01. The molecular weight excluding hydrogens is 274 g/mol. The molecule has 0 amide bonds. The van der Waals surface area contributed by atoms with Crippen molar-refractivity contribution in [2.45, 2.75) is 0 Å². The number of aromatic hydroxyl groups is 1. The molecule has 0 radical (unpaired) electrons. The molecule has 1 aromatic heterocycles. The van der Waals surface area contributed by atoms with Crippen LogP contribution in [0.15, 0.2) is 53.1 Å². The lowest BCUT2D eigenvalue weighted by Crippen LogP contribution is -1.87. The maximum absolute atomic E-state index is 10.6. The molecule has 104 valence electrons. The number of nitro groups is 1. The van der Waals surface area contributed by atoms with Crippen molar-refractivity contribution in [3.05, 3.63) is 58.6 Å². The molecule has 0 aliphatic carbocycles. The van der Waals surface area contributed by atoms with Crippen molar-refractivity contribution < 1.29 is 14.6 Å². The first-order chi connectivity index (χ1) is 10.1. The third kappa shape index (κ3) is 2.57. The Bertz CT molecular complexity index is 796. The maximum Gasteiger partial charge on any atom is 0.269 e. The summed E-state index contributed by atoms with van der Waals surface area (Å²) < 4.78 is 5.13. The lowest BCUT2D eigenvalue weighted by atomic mass is 10.2. The fourth-order valence-corrected chi connectivity index (χ4v) is 1.83. The maximum atomic E-state index is 10.6. The van der Waals surface area contributed by atoms with Gasteiger partial charge in [-0.15, -0.1) is 0 Å². The van der Waals surface area contributed by atoms with Crippen LogP contribution in [-0.2, 0) is 0 Å². The van der Waals surface area contributed by atoms with Gasteiger partial charge in [0.1, 0.15) is 5.75 Å². The number of non-ortho nitro benzene ring substituents is 1. The van der Waals surface area contributed by atoms with Gasteiger partial charge in [0, 0.05) is 23.3 Å². The van der Waals surface area contributed by atoms with Crippen molar-refractivity contribution in [2.75, 3.05) is 0 Å². The molecule has 3 aromatic rings. The lowest BCUT2D eigenvalue weighted by Gasteiger charge is -1.95. The van der Waals surface area contributed by atoms with E-state index in [-0.39, 0.29) is 17.3 Å². The van der Waals surface area contributed by atoms with E-state index in [1.807, 2.05) is 0 Å².